The van der Waals surface area contributed by atoms with Crippen molar-refractivity contribution in [2.24, 2.45) is 23.7 Å². The third kappa shape index (κ3) is 12.3. The van der Waals surface area contributed by atoms with Crippen LogP contribution in [0, 0.1) is 62.2 Å². The second-order valence-corrected chi connectivity index (χ2v) is 13.0. The van der Waals surface area contributed by atoms with Crippen LogP contribution < -0.4 is 0 Å². The van der Waals surface area contributed by atoms with Crippen LogP contribution in [0.3, 0.4) is 0 Å². The molecule has 0 N–H and O–H groups in total. The first-order valence-corrected chi connectivity index (χ1v) is 12.0. The smallest absolute Gasteiger partial charge is 0.668 e. The van der Waals surface area contributed by atoms with E-state index in [0.717, 1.165) is 29.2 Å². The zero-order valence-electron chi connectivity index (χ0n) is 19.7. The van der Waals surface area contributed by atoms with Gasteiger partial charge in [0.15, 0.2) is 0 Å². The van der Waals surface area contributed by atoms with Crippen molar-refractivity contribution in [1.29, 1.82) is 0 Å². The van der Waals surface area contributed by atoms with Crippen LogP contribution in [0.15, 0.2) is 0 Å². The van der Waals surface area contributed by atoms with Gasteiger partial charge in [-0.2, -0.15) is 28.2 Å². The molecule has 3 unspecified atom stereocenters. The molecule has 0 bridgehead atoms. The van der Waals surface area contributed by atoms with Crippen molar-refractivity contribution >= 4 is 8.24 Å². The van der Waals surface area contributed by atoms with Crippen molar-refractivity contribution in [3.8, 4) is 0 Å². The Morgan fingerprint density at radius 2 is 0.920 bits per heavy atom. The van der Waals surface area contributed by atoms with Crippen LogP contribution in [0.5, 0.6) is 0 Å². The number of nitrogens with zero attached hydrogens (tertiary/aromatic N) is 3. The summed E-state index contributed by atoms with van der Waals surface area (Å²) in [6.07, 6.45) is 0. The summed E-state index contributed by atoms with van der Waals surface area (Å²) in [6.45, 7) is 21.5. The van der Waals surface area contributed by atoms with E-state index in [4.69, 9.17) is 4.98 Å². The Bertz CT molecular complexity index is 290. The molecule has 5 atom stereocenters. The summed E-state index contributed by atoms with van der Waals surface area (Å²) < 4.78 is 0. The zero-order valence-corrected chi connectivity index (χ0v) is 24.9. The van der Waals surface area contributed by atoms with Gasteiger partial charge in [-0.25, -0.2) is 0 Å². The maximum atomic E-state index is 5.23. The summed E-state index contributed by atoms with van der Waals surface area (Å²) in [5.74, 6) is 3.40. The largest absolute Gasteiger partial charge is 4.00 e. The average molecular weight is 596 g/mol. The molecule has 1 aliphatic rings. The predicted octanol–water partition coefficient (Wildman–Crippen LogP) is 6.98. The van der Waals surface area contributed by atoms with Gasteiger partial charge in [-0.15, -0.1) is 5.54 Å². The standard InChI is InChI=1S/C15H32NSi.2C2H6N.CH3.U/c1-10-11(2)13(4)14(12(10)3)17(8,9)16-15(5,6)7;2*1-3-2;;/h10-14H,1-9H3;2*1-2H3;1H3;/q4*-1;+4/t10-,11?,12-,13?,14?;;;;/m1..../s1. The number of hydrogen-bond acceptors (Lipinski definition) is 0. The fourth-order valence-electron chi connectivity index (χ4n) is 4.32. The minimum atomic E-state index is -1.49. The van der Waals surface area contributed by atoms with Gasteiger partial charge in [0.05, 0.1) is 0 Å². The normalized spacial score (nSPS) is 28.4. The van der Waals surface area contributed by atoms with Gasteiger partial charge in [0, 0.05) is 0 Å². The van der Waals surface area contributed by atoms with E-state index in [0.29, 0.717) is 0 Å². The molecule has 0 amide bonds. The van der Waals surface area contributed by atoms with Crippen molar-refractivity contribution < 1.29 is 31.1 Å². The van der Waals surface area contributed by atoms with Gasteiger partial charge < -0.3 is 23.0 Å². The molecule has 0 aromatic heterocycles. The molecule has 1 aliphatic carbocycles. The van der Waals surface area contributed by atoms with Crippen molar-refractivity contribution in [2.45, 2.75) is 72.6 Å². The van der Waals surface area contributed by atoms with E-state index in [1.54, 1.807) is 28.2 Å². The van der Waals surface area contributed by atoms with Crippen molar-refractivity contribution in [1.82, 2.24) is 0 Å². The van der Waals surface area contributed by atoms with Gasteiger partial charge in [-0.3, -0.25) is 0 Å². The number of hydrogen-bond donors (Lipinski definition) is 0. The Kier molecular flexibility index (Phi) is 20.4. The molecule has 1 fully saturated rings. The van der Waals surface area contributed by atoms with Crippen LogP contribution in [0.1, 0.15) is 48.5 Å². The Balaban J connectivity index is -0.000000242. The molecular formula is C20H47N3SiU. The maximum Gasteiger partial charge on any atom is 4.00 e. The van der Waals surface area contributed by atoms with Crippen LogP contribution in [0.4, 0.5) is 0 Å². The quantitative estimate of drug-likeness (QED) is 0.244. The maximum absolute atomic E-state index is 5.23. The van der Waals surface area contributed by atoms with Crippen LogP contribution in [-0.2, 0) is 0 Å². The molecule has 5 heteroatoms. The first-order valence-electron chi connectivity index (χ1n) is 9.00. The second kappa shape index (κ2) is 15.1. The summed E-state index contributed by atoms with van der Waals surface area (Å²) in [5.41, 5.74) is 0.983. The molecule has 0 spiro atoms. The second-order valence-electron chi connectivity index (χ2n) is 8.79. The predicted molar refractivity (Wildman–Crippen MR) is 118 cm³/mol. The summed E-state index contributed by atoms with van der Waals surface area (Å²) in [5, 5.41) is 7.00. The van der Waals surface area contributed by atoms with E-state index < -0.39 is 8.24 Å². The first kappa shape index (κ1) is 33.7. The van der Waals surface area contributed by atoms with Crippen LogP contribution >= 0.6 is 0 Å². The Labute approximate surface area is 186 Å². The van der Waals surface area contributed by atoms with E-state index in [-0.39, 0.29) is 44.1 Å². The summed E-state index contributed by atoms with van der Waals surface area (Å²) in [7, 11) is 5.51. The fraction of sp³-hybridized carbons (Fsp3) is 0.950. The summed E-state index contributed by atoms with van der Waals surface area (Å²) in [4.78, 5) is 5.23. The molecule has 25 heavy (non-hydrogen) atoms. The van der Waals surface area contributed by atoms with Gasteiger partial charge in [-0.05, 0) is 23.7 Å². The summed E-state index contributed by atoms with van der Waals surface area (Å²) >= 11 is 0. The van der Waals surface area contributed by atoms with Crippen molar-refractivity contribution in [3.05, 3.63) is 23.0 Å². The van der Waals surface area contributed by atoms with Crippen molar-refractivity contribution in [2.75, 3.05) is 28.2 Å². The van der Waals surface area contributed by atoms with Gasteiger partial charge in [0.2, 0.25) is 0 Å². The molecule has 0 radical (unpaired) electrons. The van der Waals surface area contributed by atoms with E-state index in [1.807, 2.05) is 0 Å². The molecule has 0 aromatic carbocycles. The molecule has 0 aliphatic heterocycles. The van der Waals surface area contributed by atoms with Gasteiger partial charge in [0.25, 0.3) is 0 Å². The van der Waals surface area contributed by atoms with Gasteiger partial charge >= 0.3 is 31.1 Å². The SMILES string of the molecule is CC1C(C)[C@@H](C)[C@@H](C)C1[Si](C)(C)[N-]C(C)(C)C.C[N-]C.C[N-]C.[CH3-].[U+4]. The zero-order chi connectivity index (χ0) is 19.0. The van der Waals surface area contributed by atoms with Crippen LogP contribution in [-0.4, -0.2) is 42.0 Å². The molecule has 3 nitrogen and oxygen atoms in total. The van der Waals surface area contributed by atoms with Crippen LogP contribution in [0.25, 0.3) is 15.6 Å². The van der Waals surface area contributed by atoms with E-state index in [1.165, 1.54) is 0 Å². The van der Waals surface area contributed by atoms with E-state index in [2.05, 4.69) is 72.2 Å². The monoisotopic (exact) mass is 595 g/mol. The third-order valence-electron chi connectivity index (χ3n) is 5.06. The first-order chi connectivity index (χ1) is 10.3. The Hall–Kier alpha value is 1.15. The topological polar surface area (TPSA) is 42.3 Å². The average Bonchev–Trinajstić information content (AvgIpc) is 2.53. The van der Waals surface area contributed by atoms with Gasteiger partial charge in [-0.1, -0.05) is 75.3 Å². The van der Waals surface area contributed by atoms with Crippen molar-refractivity contribution in [3.63, 3.8) is 0 Å². The van der Waals surface area contributed by atoms with Crippen LogP contribution in [0.2, 0.25) is 18.6 Å². The summed E-state index contributed by atoms with van der Waals surface area (Å²) in [6, 6.07) is 0. The molecule has 0 heterocycles. The molecule has 1 saturated carbocycles. The minimum Gasteiger partial charge on any atom is -0.668 e. The minimum absolute atomic E-state index is 0. The Morgan fingerprint density at radius 1 is 0.680 bits per heavy atom. The molecule has 0 aromatic rings. The fourth-order valence-corrected chi connectivity index (χ4v) is 9.37. The Morgan fingerprint density at radius 3 is 1.12 bits per heavy atom. The van der Waals surface area contributed by atoms with Gasteiger partial charge in [0.1, 0.15) is 0 Å². The molecule has 150 valence electrons. The molecular weight excluding hydrogens is 548 g/mol. The third-order valence-corrected chi connectivity index (χ3v) is 8.99. The van der Waals surface area contributed by atoms with E-state index in [9.17, 15) is 0 Å². The van der Waals surface area contributed by atoms with E-state index >= 15 is 0 Å². The molecule has 0 saturated heterocycles. The number of rotatable bonds is 2. The molecule has 1 rings (SSSR count).